The Morgan fingerprint density at radius 1 is 1.12 bits per heavy atom. The summed E-state index contributed by atoms with van der Waals surface area (Å²) in [6.07, 6.45) is 1.26. The maximum Gasteiger partial charge on any atom is 0.193 e. The van der Waals surface area contributed by atoms with Gasteiger partial charge in [0, 0.05) is 22.0 Å². The van der Waals surface area contributed by atoms with E-state index in [0.29, 0.717) is 45.9 Å². The molecule has 5 rings (SSSR count). The number of ether oxygens (including phenoxy) is 3. The predicted molar refractivity (Wildman–Crippen MR) is 129 cm³/mol. The van der Waals surface area contributed by atoms with Crippen molar-refractivity contribution in [3.8, 4) is 21.6 Å². The van der Waals surface area contributed by atoms with Gasteiger partial charge in [-0.25, -0.2) is 0 Å². The lowest BCUT2D eigenvalue weighted by Crippen LogP contribution is -1.97. The van der Waals surface area contributed by atoms with Crippen LogP contribution in [0.15, 0.2) is 36.5 Å². The zero-order valence-electron chi connectivity index (χ0n) is 16.6. The molecule has 0 spiro atoms. The molecule has 1 aromatic carbocycles. The summed E-state index contributed by atoms with van der Waals surface area (Å²) in [5, 5.41) is 13.8. The van der Waals surface area contributed by atoms with Crippen molar-refractivity contribution in [3.63, 3.8) is 0 Å². The van der Waals surface area contributed by atoms with Crippen LogP contribution in [0.5, 0.6) is 5.75 Å². The second kappa shape index (κ2) is 8.87. The average molecular weight is 504 g/mol. The van der Waals surface area contributed by atoms with Gasteiger partial charge in [-0.2, -0.15) is 5.26 Å². The van der Waals surface area contributed by atoms with Crippen LogP contribution in [0.1, 0.15) is 16.7 Å². The molecule has 4 aromatic rings. The highest BCUT2D eigenvalue weighted by Crippen LogP contribution is 2.44. The van der Waals surface area contributed by atoms with Crippen LogP contribution in [-0.4, -0.2) is 25.3 Å². The number of hydrogen-bond acceptors (Lipinski definition) is 8. The van der Waals surface area contributed by atoms with Crippen LogP contribution < -0.4 is 10.1 Å². The summed E-state index contributed by atoms with van der Waals surface area (Å²) >= 11 is 15.7. The number of thiophene rings is 2. The average Bonchev–Trinajstić information content (AvgIpc) is 3.55. The summed E-state index contributed by atoms with van der Waals surface area (Å²) in [5.74, 6) is 0.483. The normalized spacial score (nSPS) is 14.1. The number of anilines is 2. The van der Waals surface area contributed by atoms with Crippen molar-refractivity contribution in [1.82, 2.24) is 4.98 Å². The van der Waals surface area contributed by atoms with Gasteiger partial charge in [-0.3, -0.25) is 4.98 Å². The highest BCUT2D eigenvalue weighted by Gasteiger charge is 2.22. The lowest BCUT2D eigenvalue weighted by molar-refractivity contribution is -0.0413. The van der Waals surface area contributed by atoms with Crippen LogP contribution in [0.2, 0.25) is 10.0 Å². The fourth-order valence-electron chi connectivity index (χ4n) is 3.36. The molecule has 0 unspecified atom stereocenters. The highest BCUT2D eigenvalue weighted by atomic mass is 35.5. The third kappa shape index (κ3) is 3.92. The molecule has 0 radical (unpaired) electrons. The molecule has 1 fully saturated rings. The molecule has 0 aliphatic carbocycles. The van der Waals surface area contributed by atoms with Crippen LogP contribution in [-0.2, 0) is 9.47 Å². The zero-order chi connectivity index (χ0) is 22.2. The minimum absolute atomic E-state index is 0.300. The number of methoxy groups -OCH3 is 1. The van der Waals surface area contributed by atoms with Gasteiger partial charge in [-0.05, 0) is 24.3 Å². The number of aromatic nitrogens is 1. The van der Waals surface area contributed by atoms with Gasteiger partial charge in [0.1, 0.15) is 11.8 Å². The molecule has 0 amide bonds. The van der Waals surface area contributed by atoms with Gasteiger partial charge in [-0.1, -0.05) is 23.2 Å². The summed E-state index contributed by atoms with van der Waals surface area (Å²) in [5.41, 5.74) is 2.42. The van der Waals surface area contributed by atoms with Gasteiger partial charge in [0.05, 0.1) is 62.4 Å². The number of nitriles is 1. The van der Waals surface area contributed by atoms with E-state index >= 15 is 0 Å². The minimum atomic E-state index is -0.300. The second-order valence-electron chi connectivity index (χ2n) is 6.85. The second-order valence-corrected chi connectivity index (χ2v) is 9.83. The fraction of sp³-hybridized carbons (Fsp3) is 0.182. The number of nitrogens with zero attached hydrogens (tertiary/aromatic N) is 2. The summed E-state index contributed by atoms with van der Waals surface area (Å²) in [7, 11) is 1.53. The number of fused-ring (bicyclic) bond motifs is 1. The quantitative estimate of drug-likeness (QED) is 0.315. The van der Waals surface area contributed by atoms with Crippen LogP contribution in [0.3, 0.4) is 0 Å². The van der Waals surface area contributed by atoms with Crippen molar-refractivity contribution in [3.05, 3.63) is 57.0 Å². The molecule has 1 N–H and O–H groups in total. The van der Waals surface area contributed by atoms with E-state index in [1.165, 1.54) is 7.11 Å². The zero-order valence-corrected chi connectivity index (χ0v) is 19.8. The van der Waals surface area contributed by atoms with Crippen molar-refractivity contribution in [2.45, 2.75) is 6.29 Å². The van der Waals surface area contributed by atoms with Gasteiger partial charge in [-0.15, -0.1) is 22.7 Å². The monoisotopic (exact) mass is 503 g/mol. The van der Waals surface area contributed by atoms with E-state index in [1.54, 1.807) is 41.0 Å². The molecule has 6 nitrogen and oxygen atoms in total. The number of pyridine rings is 1. The number of halogens is 2. The Balaban J connectivity index is 1.56. The standard InChI is InChI=1S/C22H15Cl2N3O3S2/c1-28-16-7-14(12(23)6-13(16)24)27-20-11(9-25)10-26-15-8-19(32-21(15)20)17-2-3-18(31-17)22-29-4-5-30-22/h2-3,6-8,10,22H,4-5H2,1H3,(H,26,27). The van der Waals surface area contributed by atoms with E-state index in [1.807, 2.05) is 12.1 Å². The van der Waals surface area contributed by atoms with Gasteiger partial charge in [0.15, 0.2) is 6.29 Å². The molecule has 162 valence electrons. The van der Waals surface area contributed by atoms with Gasteiger partial charge in [0.2, 0.25) is 0 Å². The number of hydrogen-bond donors (Lipinski definition) is 1. The van der Waals surface area contributed by atoms with Gasteiger partial charge < -0.3 is 19.5 Å². The number of nitrogens with one attached hydrogen (secondary N) is 1. The summed E-state index contributed by atoms with van der Waals surface area (Å²) < 4.78 is 17.4. The van der Waals surface area contributed by atoms with Crippen molar-refractivity contribution < 1.29 is 14.2 Å². The van der Waals surface area contributed by atoms with E-state index in [4.69, 9.17) is 37.4 Å². The van der Waals surface area contributed by atoms with Crippen molar-refractivity contribution >= 4 is 67.5 Å². The van der Waals surface area contributed by atoms with Crippen LogP contribution in [0.4, 0.5) is 11.4 Å². The number of rotatable bonds is 5. The maximum atomic E-state index is 9.69. The molecular formula is C22H15Cl2N3O3S2. The first-order valence-electron chi connectivity index (χ1n) is 9.53. The Hall–Kier alpha value is -2.38. The highest BCUT2D eigenvalue weighted by molar-refractivity contribution is 7.26. The lowest BCUT2D eigenvalue weighted by Gasteiger charge is -2.13. The Morgan fingerprint density at radius 2 is 1.94 bits per heavy atom. The Labute approximate surface area is 201 Å². The topological polar surface area (TPSA) is 76.4 Å². The molecule has 1 saturated heterocycles. The Bertz CT molecular complexity index is 1360. The first-order chi connectivity index (χ1) is 15.6. The first-order valence-corrected chi connectivity index (χ1v) is 11.9. The molecule has 4 heterocycles. The molecular weight excluding hydrogens is 489 g/mol. The first kappa shape index (κ1) is 21.5. The van der Waals surface area contributed by atoms with E-state index in [9.17, 15) is 5.26 Å². The van der Waals surface area contributed by atoms with E-state index < -0.39 is 0 Å². The smallest absolute Gasteiger partial charge is 0.193 e. The number of benzene rings is 1. The van der Waals surface area contributed by atoms with Gasteiger partial charge >= 0.3 is 0 Å². The van der Waals surface area contributed by atoms with Crippen molar-refractivity contribution in [2.24, 2.45) is 0 Å². The van der Waals surface area contributed by atoms with Crippen LogP contribution in [0.25, 0.3) is 20.0 Å². The molecule has 1 aliphatic heterocycles. The summed E-state index contributed by atoms with van der Waals surface area (Å²) in [6.45, 7) is 1.21. The van der Waals surface area contributed by atoms with E-state index in [2.05, 4.69) is 22.4 Å². The van der Waals surface area contributed by atoms with Crippen LogP contribution in [0, 0.1) is 11.3 Å². The van der Waals surface area contributed by atoms with E-state index in [-0.39, 0.29) is 6.29 Å². The molecule has 3 aromatic heterocycles. The SMILES string of the molecule is COc1cc(Nc2c(C#N)cnc3cc(-c4ccc(C5OCCO5)s4)sc23)c(Cl)cc1Cl. The Morgan fingerprint density at radius 3 is 2.69 bits per heavy atom. The van der Waals surface area contributed by atoms with Crippen molar-refractivity contribution in [2.75, 3.05) is 25.6 Å². The van der Waals surface area contributed by atoms with E-state index in [0.717, 1.165) is 24.8 Å². The summed E-state index contributed by atoms with van der Waals surface area (Å²) in [6, 6.07) is 11.6. The fourth-order valence-corrected chi connectivity index (χ4v) is 6.07. The third-order valence-electron chi connectivity index (χ3n) is 4.89. The molecule has 32 heavy (non-hydrogen) atoms. The van der Waals surface area contributed by atoms with Crippen LogP contribution >= 0.6 is 45.9 Å². The lowest BCUT2D eigenvalue weighted by atomic mass is 10.2. The van der Waals surface area contributed by atoms with Gasteiger partial charge in [0.25, 0.3) is 0 Å². The largest absolute Gasteiger partial charge is 0.495 e. The molecule has 0 atom stereocenters. The molecule has 0 bridgehead atoms. The Kier molecular flexibility index (Phi) is 5.95. The predicted octanol–water partition coefficient (Wildman–Crippen LogP) is 7.00. The molecule has 1 aliphatic rings. The molecule has 10 heteroatoms. The molecule has 0 saturated carbocycles. The maximum absolute atomic E-state index is 9.69. The van der Waals surface area contributed by atoms with Crippen molar-refractivity contribution in [1.29, 1.82) is 5.26 Å². The minimum Gasteiger partial charge on any atom is -0.495 e. The summed E-state index contributed by atoms with van der Waals surface area (Å²) in [4.78, 5) is 7.63. The third-order valence-corrected chi connectivity index (χ3v) is 7.94.